The van der Waals surface area contributed by atoms with Gasteiger partial charge in [0.1, 0.15) is 30.0 Å². The molecular weight excluding hydrogens is 456 g/mol. The minimum absolute atomic E-state index is 0.312. The van der Waals surface area contributed by atoms with Gasteiger partial charge in [-0.05, 0) is 37.3 Å². The molecule has 1 N–H and O–H groups in total. The molecule has 0 bridgehead atoms. The topological polar surface area (TPSA) is 79.7 Å². The second-order valence-corrected chi connectivity index (χ2v) is 8.47. The van der Waals surface area contributed by atoms with Crippen molar-refractivity contribution in [3.8, 4) is 23.0 Å². The molecule has 0 saturated carbocycles. The van der Waals surface area contributed by atoms with E-state index in [1.165, 1.54) is 0 Å². The van der Waals surface area contributed by atoms with Crippen LogP contribution in [0.4, 0.5) is 5.95 Å². The number of nitrogens with zero attached hydrogens (tertiary/aromatic N) is 3. The Hall–Kier alpha value is -4.46. The van der Waals surface area contributed by atoms with E-state index < -0.39 is 6.10 Å². The summed E-state index contributed by atoms with van der Waals surface area (Å²) in [6.07, 6.45) is 1.13. The van der Waals surface area contributed by atoms with Gasteiger partial charge in [0.05, 0.1) is 26.5 Å². The predicted molar refractivity (Wildman–Crippen MR) is 136 cm³/mol. The predicted octanol–water partition coefficient (Wildman–Crippen LogP) is 5.25. The number of fused-ring (bicyclic) bond motifs is 3. The lowest BCUT2D eigenvalue weighted by Crippen LogP contribution is -2.32. The second-order valence-electron chi connectivity index (χ2n) is 8.47. The zero-order valence-corrected chi connectivity index (χ0v) is 20.3. The molecule has 3 heterocycles. The van der Waals surface area contributed by atoms with Crippen LogP contribution in [0, 0.1) is 0 Å². The van der Waals surface area contributed by atoms with Gasteiger partial charge in [-0.1, -0.05) is 36.4 Å². The lowest BCUT2D eigenvalue weighted by molar-refractivity contribution is 0.221. The largest absolute Gasteiger partial charge is 0.494 e. The van der Waals surface area contributed by atoms with Gasteiger partial charge in [-0.2, -0.15) is 10.1 Å². The first kappa shape index (κ1) is 22.0. The van der Waals surface area contributed by atoms with Gasteiger partial charge in [0.2, 0.25) is 5.95 Å². The number of methoxy groups -OCH3 is 2. The van der Waals surface area contributed by atoms with Crippen molar-refractivity contribution in [2.45, 2.75) is 19.1 Å². The highest BCUT2D eigenvalue weighted by atomic mass is 16.5. The van der Waals surface area contributed by atoms with Gasteiger partial charge in [-0.3, -0.25) is 0 Å². The van der Waals surface area contributed by atoms with E-state index in [0.717, 1.165) is 39.5 Å². The molecule has 0 amide bonds. The van der Waals surface area contributed by atoms with E-state index in [2.05, 4.69) is 27.5 Å². The highest BCUT2D eigenvalue weighted by Gasteiger charge is 2.42. The smallest absolute Gasteiger partial charge is 0.226 e. The van der Waals surface area contributed by atoms with Gasteiger partial charge in [0, 0.05) is 22.3 Å². The first-order chi connectivity index (χ1) is 17.7. The Balaban J connectivity index is 1.61. The second kappa shape index (κ2) is 8.96. The van der Waals surface area contributed by atoms with Crippen molar-refractivity contribution in [1.29, 1.82) is 0 Å². The number of hydrogen-bond donors (Lipinski definition) is 1. The molecule has 6 rings (SSSR count). The van der Waals surface area contributed by atoms with E-state index in [1.54, 1.807) is 20.5 Å². The number of aromatic nitrogens is 3. The fourth-order valence-electron chi connectivity index (χ4n) is 5.00. The third kappa shape index (κ3) is 3.45. The highest BCUT2D eigenvalue weighted by Crippen LogP contribution is 2.52. The molecule has 0 saturated heterocycles. The van der Waals surface area contributed by atoms with Gasteiger partial charge in [-0.25, -0.2) is 4.68 Å². The quantitative estimate of drug-likeness (QED) is 0.402. The number of nitrogens with one attached hydrogen (secondary N) is 1. The summed E-state index contributed by atoms with van der Waals surface area (Å²) in [5.41, 5.74) is 4.84. The van der Waals surface area contributed by atoms with Crippen LogP contribution in [-0.4, -0.2) is 35.6 Å². The van der Waals surface area contributed by atoms with Gasteiger partial charge in [0.15, 0.2) is 11.5 Å². The van der Waals surface area contributed by atoms with E-state index in [-0.39, 0.29) is 6.04 Å². The summed E-state index contributed by atoms with van der Waals surface area (Å²) in [7, 11) is 3.26. The molecule has 0 fully saturated rings. The number of benzene rings is 3. The van der Waals surface area contributed by atoms with Crippen molar-refractivity contribution in [2.24, 2.45) is 0 Å². The summed E-state index contributed by atoms with van der Waals surface area (Å²) in [6.45, 7) is 2.54. The molecular formula is C28H26N4O4. The average molecular weight is 483 g/mol. The molecule has 8 nitrogen and oxygen atoms in total. The van der Waals surface area contributed by atoms with Crippen molar-refractivity contribution in [3.05, 3.63) is 95.3 Å². The van der Waals surface area contributed by atoms with E-state index in [9.17, 15) is 0 Å². The first-order valence-electron chi connectivity index (χ1n) is 11.8. The summed E-state index contributed by atoms with van der Waals surface area (Å²) in [5.74, 6) is 3.53. The molecule has 0 spiro atoms. The van der Waals surface area contributed by atoms with E-state index >= 15 is 0 Å². The van der Waals surface area contributed by atoms with Crippen molar-refractivity contribution < 1.29 is 18.9 Å². The molecule has 36 heavy (non-hydrogen) atoms. The molecule has 3 aromatic carbocycles. The molecule has 2 aliphatic rings. The van der Waals surface area contributed by atoms with Crippen molar-refractivity contribution in [1.82, 2.24) is 14.8 Å². The third-order valence-corrected chi connectivity index (χ3v) is 6.55. The molecule has 182 valence electrons. The Morgan fingerprint density at radius 1 is 0.944 bits per heavy atom. The maximum absolute atomic E-state index is 6.71. The van der Waals surface area contributed by atoms with Crippen LogP contribution < -0.4 is 24.3 Å². The van der Waals surface area contributed by atoms with Crippen LogP contribution in [0.15, 0.2) is 78.6 Å². The number of anilines is 1. The van der Waals surface area contributed by atoms with Crippen LogP contribution in [0.1, 0.15) is 35.8 Å². The van der Waals surface area contributed by atoms with E-state index in [4.69, 9.17) is 18.9 Å². The van der Waals surface area contributed by atoms with Crippen molar-refractivity contribution >= 4 is 11.6 Å². The minimum atomic E-state index is -0.431. The number of para-hydroxylation sites is 2. The molecule has 1 aromatic heterocycles. The molecule has 0 radical (unpaired) electrons. The maximum Gasteiger partial charge on any atom is 0.226 e. The Morgan fingerprint density at radius 3 is 2.58 bits per heavy atom. The van der Waals surface area contributed by atoms with Gasteiger partial charge >= 0.3 is 0 Å². The van der Waals surface area contributed by atoms with Gasteiger partial charge < -0.3 is 24.3 Å². The summed E-state index contributed by atoms with van der Waals surface area (Å²) < 4.78 is 25.8. The van der Waals surface area contributed by atoms with Gasteiger partial charge in [0.25, 0.3) is 0 Å². The molecule has 2 unspecified atom stereocenters. The summed E-state index contributed by atoms with van der Waals surface area (Å²) >= 11 is 0. The third-order valence-electron chi connectivity index (χ3n) is 6.55. The first-order valence-corrected chi connectivity index (χ1v) is 11.8. The molecule has 4 aromatic rings. The summed E-state index contributed by atoms with van der Waals surface area (Å²) in [4.78, 5) is 4.51. The lowest BCUT2D eigenvalue weighted by atomic mass is 9.84. The molecule has 0 aliphatic carbocycles. The van der Waals surface area contributed by atoms with Crippen molar-refractivity contribution in [2.75, 3.05) is 26.1 Å². The minimum Gasteiger partial charge on any atom is -0.494 e. The highest BCUT2D eigenvalue weighted by molar-refractivity contribution is 5.85. The van der Waals surface area contributed by atoms with Crippen LogP contribution in [0.5, 0.6) is 23.0 Å². The fraction of sp³-hybridized carbons (Fsp3) is 0.214. The maximum atomic E-state index is 6.71. The molecule has 8 heteroatoms. The SMILES string of the molecule is CCOc1ccccc1C1C2=C(Nc3ncnn31)c1ccccc1OC2c1ccc(OC)c(OC)c1. The zero-order valence-electron chi connectivity index (χ0n) is 20.3. The Bertz CT molecular complexity index is 1460. The van der Waals surface area contributed by atoms with Crippen molar-refractivity contribution in [3.63, 3.8) is 0 Å². The number of ether oxygens (including phenoxy) is 4. The molecule has 2 atom stereocenters. The van der Waals surface area contributed by atoms with E-state index in [0.29, 0.717) is 24.1 Å². The van der Waals surface area contributed by atoms with Crippen LogP contribution in [0.25, 0.3) is 5.70 Å². The van der Waals surface area contributed by atoms with Crippen LogP contribution in [0.3, 0.4) is 0 Å². The Labute approximate surface area is 209 Å². The zero-order chi connectivity index (χ0) is 24.6. The number of rotatable bonds is 6. The lowest BCUT2D eigenvalue weighted by Gasteiger charge is -2.39. The fourth-order valence-corrected chi connectivity index (χ4v) is 5.00. The standard InChI is InChI=1S/C28H26N4O4/c1-4-35-20-11-7-6-10-19(20)26-24-25(31-28-29-16-30-32(26)28)18-9-5-8-12-21(18)36-27(24)17-13-14-22(33-2)23(15-17)34-3/h5-16,26-27H,4H2,1-3H3,(H,29,30,31). The molecule has 2 aliphatic heterocycles. The van der Waals surface area contributed by atoms with Gasteiger partial charge in [-0.15, -0.1) is 0 Å². The Morgan fingerprint density at radius 2 is 1.75 bits per heavy atom. The Kier molecular flexibility index (Phi) is 5.48. The normalized spacial score (nSPS) is 17.8. The van der Waals surface area contributed by atoms with E-state index in [1.807, 2.05) is 66.2 Å². The average Bonchev–Trinajstić information content (AvgIpc) is 3.40. The van der Waals surface area contributed by atoms with Crippen LogP contribution >= 0.6 is 0 Å². The van der Waals surface area contributed by atoms with Crippen LogP contribution in [0.2, 0.25) is 0 Å². The monoisotopic (exact) mass is 482 g/mol. The summed E-state index contributed by atoms with van der Waals surface area (Å²) in [5, 5.41) is 8.13. The summed E-state index contributed by atoms with van der Waals surface area (Å²) in [6, 6.07) is 21.6. The van der Waals surface area contributed by atoms with Crippen LogP contribution in [-0.2, 0) is 0 Å². The number of hydrogen-bond acceptors (Lipinski definition) is 7.